The summed E-state index contributed by atoms with van der Waals surface area (Å²) in [5.41, 5.74) is 0. The van der Waals surface area contributed by atoms with Crippen LogP contribution < -0.4 is 9.86 Å². The summed E-state index contributed by atoms with van der Waals surface area (Å²) in [6.07, 6.45) is 0. The lowest BCUT2D eigenvalue weighted by Crippen LogP contribution is -2.44. The van der Waals surface area contributed by atoms with Gasteiger partial charge in [0.15, 0.2) is 0 Å². The van der Waals surface area contributed by atoms with Gasteiger partial charge in [-0.15, -0.1) is 0 Å². The molecule has 0 aromatic rings. The van der Waals surface area contributed by atoms with Gasteiger partial charge < -0.3 is 4.74 Å². The SMILES string of the molecule is COCC(NS(N)(=O)=O)C(C)C. The summed E-state index contributed by atoms with van der Waals surface area (Å²) in [6, 6.07) is -0.259. The van der Waals surface area contributed by atoms with Gasteiger partial charge in [-0.2, -0.15) is 13.1 Å². The average molecular weight is 196 g/mol. The second-order valence-corrected chi connectivity index (χ2v) is 4.29. The molecule has 0 aromatic heterocycles. The molecule has 0 aliphatic heterocycles. The van der Waals surface area contributed by atoms with E-state index in [4.69, 9.17) is 9.88 Å². The minimum absolute atomic E-state index is 0.156. The molecule has 0 spiro atoms. The zero-order valence-electron chi connectivity index (χ0n) is 7.57. The maximum Gasteiger partial charge on any atom is 0.274 e. The summed E-state index contributed by atoms with van der Waals surface area (Å²) < 4.78 is 28.4. The fraction of sp³-hybridized carbons (Fsp3) is 1.00. The molecule has 3 N–H and O–H groups in total. The Morgan fingerprint density at radius 3 is 2.25 bits per heavy atom. The van der Waals surface area contributed by atoms with E-state index >= 15 is 0 Å². The van der Waals surface area contributed by atoms with Crippen LogP contribution in [0.25, 0.3) is 0 Å². The van der Waals surface area contributed by atoms with Crippen molar-refractivity contribution >= 4 is 10.2 Å². The molecule has 0 aliphatic rings. The number of methoxy groups -OCH3 is 1. The number of nitrogens with one attached hydrogen (secondary N) is 1. The van der Waals surface area contributed by atoms with Crippen LogP contribution in [0.5, 0.6) is 0 Å². The molecule has 0 radical (unpaired) electrons. The molecule has 0 heterocycles. The number of nitrogens with two attached hydrogens (primary N) is 1. The molecule has 0 aliphatic carbocycles. The fourth-order valence-electron chi connectivity index (χ4n) is 0.753. The van der Waals surface area contributed by atoms with Crippen molar-refractivity contribution in [2.75, 3.05) is 13.7 Å². The third-order valence-electron chi connectivity index (χ3n) is 1.47. The van der Waals surface area contributed by atoms with Crippen LogP contribution in [0, 0.1) is 5.92 Å². The molecule has 0 bridgehead atoms. The van der Waals surface area contributed by atoms with Crippen molar-refractivity contribution in [3.8, 4) is 0 Å². The van der Waals surface area contributed by atoms with E-state index in [1.807, 2.05) is 13.8 Å². The van der Waals surface area contributed by atoms with E-state index in [9.17, 15) is 8.42 Å². The van der Waals surface area contributed by atoms with Crippen molar-refractivity contribution in [3.05, 3.63) is 0 Å². The predicted octanol–water partition coefficient (Wildman–Crippen LogP) is -0.549. The summed E-state index contributed by atoms with van der Waals surface area (Å²) in [6.45, 7) is 4.11. The Kier molecular flexibility index (Phi) is 4.69. The van der Waals surface area contributed by atoms with E-state index < -0.39 is 10.2 Å². The number of ether oxygens (including phenoxy) is 1. The van der Waals surface area contributed by atoms with E-state index in [-0.39, 0.29) is 12.0 Å². The molecule has 12 heavy (non-hydrogen) atoms. The lowest BCUT2D eigenvalue weighted by molar-refractivity contribution is 0.157. The van der Waals surface area contributed by atoms with Gasteiger partial charge in [-0.05, 0) is 5.92 Å². The normalized spacial score (nSPS) is 15.1. The van der Waals surface area contributed by atoms with Gasteiger partial charge in [0.2, 0.25) is 0 Å². The van der Waals surface area contributed by atoms with Crippen LogP contribution in [0.2, 0.25) is 0 Å². The molecule has 0 fully saturated rings. The van der Waals surface area contributed by atoms with Crippen molar-refractivity contribution in [2.45, 2.75) is 19.9 Å². The van der Waals surface area contributed by atoms with Gasteiger partial charge in [-0.1, -0.05) is 13.8 Å². The summed E-state index contributed by atoms with van der Waals surface area (Å²) in [7, 11) is -2.11. The highest BCUT2D eigenvalue weighted by atomic mass is 32.2. The van der Waals surface area contributed by atoms with Gasteiger partial charge in [-0.3, -0.25) is 0 Å². The van der Waals surface area contributed by atoms with Crippen LogP contribution in [0.1, 0.15) is 13.8 Å². The number of hydrogen-bond donors (Lipinski definition) is 2. The van der Waals surface area contributed by atoms with Gasteiger partial charge in [0.1, 0.15) is 0 Å². The largest absolute Gasteiger partial charge is 0.383 e. The maximum atomic E-state index is 10.6. The molecule has 0 rings (SSSR count). The Labute approximate surface area is 73.5 Å². The third kappa shape index (κ3) is 5.48. The molecule has 0 aromatic carbocycles. The van der Waals surface area contributed by atoms with Gasteiger partial charge in [-0.25, -0.2) is 5.14 Å². The smallest absolute Gasteiger partial charge is 0.274 e. The maximum absolute atomic E-state index is 10.6. The van der Waals surface area contributed by atoms with E-state index in [1.54, 1.807) is 0 Å². The van der Waals surface area contributed by atoms with Crippen molar-refractivity contribution in [1.82, 2.24) is 4.72 Å². The Hall–Kier alpha value is -0.170. The lowest BCUT2D eigenvalue weighted by atomic mass is 10.1. The zero-order valence-corrected chi connectivity index (χ0v) is 8.39. The molecule has 0 saturated carbocycles. The molecule has 0 saturated heterocycles. The molecule has 74 valence electrons. The molecule has 1 atom stereocenters. The fourth-order valence-corrected chi connectivity index (χ4v) is 1.52. The first kappa shape index (κ1) is 11.8. The first-order valence-corrected chi connectivity index (χ1v) is 5.20. The number of hydrogen-bond acceptors (Lipinski definition) is 3. The van der Waals surface area contributed by atoms with Crippen LogP contribution in [0.3, 0.4) is 0 Å². The molecular formula is C6H16N2O3S. The minimum atomic E-state index is -3.62. The summed E-state index contributed by atoms with van der Waals surface area (Å²) in [5, 5.41) is 4.81. The van der Waals surface area contributed by atoms with Crippen LogP contribution in [-0.4, -0.2) is 28.2 Å². The van der Waals surface area contributed by atoms with E-state index in [1.165, 1.54) is 7.11 Å². The number of rotatable bonds is 5. The first-order valence-electron chi connectivity index (χ1n) is 3.66. The van der Waals surface area contributed by atoms with E-state index in [2.05, 4.69) is 4.72 Å². The Morgan fingerprint density at radius 1 is 1.50 bits per heavy atom. The van der Waals surface area contributed by atoms with Crippen LogP contribution in [0.15, 0.2) is 0 Å². The second-order valence-electron chi connectivity index (χ2n) is 2.97. The van der Waals surface area contributed by atoms with Crippen LogP contribution in [-0.2, 0) is 14.9 Å². The van der Waals surface area contributed by atoms with Crippen LogP contribution >= 0.6 is 0 Å². The predicted molar refractivity (Wildman–Crippen MR) is 46.7 cm³/mol. The topological polar surface area (TPSA) is 81.4 Å². The van der Waals surface area contributed by atoms with Crippen molar-refractivity contribution < 1.29 is 13.2 Å². The zero-order chi connectivity index (χ0) is 9.78. The third-order valence-corrected chi connectivity index (χ3v) is 2.10. The van der Waals surface area contributed by atoms with Crippen LogP contribution in [0.4, 0.5) is 0 Å². The van der Waals surface area contributed by atoms with E-state index in [0.29, 0.717) is 6.61 Å². The first-order chi connectivity index (χ1) is 5.37. The standard InChI is InChI=1S/C6H16N2O3S/c1-5(2)6(4-11-3)8-12(7,9)10/h5-6,8H,4H2,1-3H3,(H2,7,9,10). The van der Waals surface area contributed by atoms with Crippen molar-refractivity contribution in [3.63, 3.8) is 0 Å². The molecular weight excluding hydrogens is 180 g/mol. The molecule has 1 unspecified atom stereocenters. The lowest BCUT2D eigenvalue weighted by Gasteiger charge is -2.19. The van der Waals surface area contributed by atoms with Crippen molar-refractivity contribution in [2.24, 2.45) is 11.1 Å². The molecule has 6 heteroatoms. The Balaban J connectivity index is 4.14. The molecule has 5 nitrogen and oxygen atoms in total. The Morgan fingerprint density at radius 2 is 2.00 bits per heavy atom. The highest BCUT2D eigenvalue weighted by Crippen LogP contribution is 2.01. The average Bonchev–Trinajstić information content (AvgIpc) is 1.83. The summed E-state index contributed by atoms with van der Waals surface area (Å²) in [4.78, 5) is 0. The second kappa shape index (κ2) is 4.76. The van der Waals surface area contributed by atoms with E-state index in [0.717, 1.165) is 0 Å². The monoisotopic (exact) mass is 196 g/mol. The van der Waals surface area contributed by atoms with Gasteiger partial charge in [0.05, 0.1) is 6.61 Å². The van der Waals surface area contributed by atoms with Gasteiger partial charge >= 0.3 is 0 Å². The van der Waals surface area contributed by atoms with Gasteiger partial charge in [0.25, 0.3) is 10.2 Å². The quantitative estimate of drug-likeness (QED) is 0.619. The summed E-state index contributed by atoms with van der Waals surface area (Å²) >= 11 is 0. The van der Waals surface area contributed by atoms with Crippen molar-refractivity contribution in [1.29, 1.82) is 0 Å². The Bertz CT molecular complexity index is 213. The molecule has 0 amide bonds. The summed E-state index contributed by atoms with van der Waals surface area (Å²) in [5.74, 6) is 0.156. The van der Waals surface area contributed by atoms with Gasteiger partial charge in [0, 0.05) is 13.2 Å². The minimum Gasteiger partial charge on any atom is -0.383 e. The highest BCUT2D eigenvalue weighted by Gasteiger charge is 2.17. The highest BCUT2D eigenvalue weighted by molar-refractivity contribution is 7.87.